The molecule has 0 fully saturated rings. The number of hydrogen-bond donors (Lipinski definition) is 0. The zero-order valence-corrected chi connectivity index (χ0v) is 13.9. The van der Waals surface area contributed by atoms with Crippen molar-refractivity contribution >= 4 is 11.4 Å². The van der Waals surface area contributed by atoms with Gasteiger partial charge in [-0.15, -0.1) is 0 Å². The van der Waals surface area contributed by atoms with Crippen LogP contribution in [0.5, 0.6) is 0 Å². The van der Waals surface area contributed by atoms with Crippen LogP contribution < -0.4 is 5.32 Å². The lowest BCUT2D eigenvalue weighted by Crippen LogP contribution is -2.23. The van der Waals surface area contributed by atoms with Crippen molar-refractivity contribution in [1.82, 2.24) is 5.32 Å². The molecule has 1 heteroatoms. The molecule has 1 radical (unpaired) electrons. The smallest absolute Gasteiger partial charge is 0.0756 e. The third-order valence-corrected chi connectivity index (χ3v) is 4.16. The molecule has 2 aromatic carbocycles. The van der Waals surface area contributed by atoms with E-state index in [0.717, 1.165) is 5.69 Å². The van der Waals surface area contributed by atoms with E-state index >= 15 is 0 Å². The highest BCUT2D eigenvalue weighted by molar-refractivity contribution is 5.93. The van der Waals surface area contributed by atoms with Crippen LogP contribution >= 0.6 is 0 Å². The van der Waals surface area contributed by atoms with Gasteiger partial charge in [-0.3, -0.25) is 0 Å². The van der Waals surface area contributed by atoms with Crippen molar-refractivity contribution in [3.63, 3.8) is 0 Å². The van der Waals surface area contributed by atoms with Crippen molar-refractivity contribution in [3.05, 3.63) is 47.5 Å². The molecule has 109 valence electrons. The van der Waals surface area contributed by atoms with Gasteiger partial charge in [0.05, 0.1) is 11.4 Å². The highest BCUT2D eigenvalue weighted by Crippen LogP contribution is 2.50. The van der Waals surface area contributed by atoms with Gasteiger partial charge in [-0.05, 0) is 28.0 Å². The topological polar surface area (TPSA) is 14.1 Å². The molecule has 0 saturated carbocycles. The highest BCUT2D eigenvalue weighted by atomic mass is 14.9. The molecule has 0 N–H and O–H groups in total. The summed E-state index contributed by atoms with van der Waals surface area (Å²) in [6.45, 7) is 13.7. The lowest BCUT2D eigenvalue weighted by Gasteiger charge is -2.31. The molecule has 0 amide bonds. The van der Waals surface area contributed by atoms with E-state index in [1.165, 1.54) is 27.9 Å². The zero-order chi connectivity index (χ0) is 15.4. The molecule has 0 unspecified atom stereocenters. The molecule has 3 rings (SSSR count). The first-order valence-corrected chi connectivity index (χ1v) is 7.69. The van der Waals surface area contributed by atoms with Crippen molar-refractivity contribution in [2.75, 3.05) is 0 Å². The molecule has 1 nitrogen and oxygen atoms in total. The van der Waals surface area contributed by atoms with E-state index in [1.807, 2.05) is 0 Å². The molecule has 0 atom stereocenters. The van der Waals surface area contributed by atoms with Gasteiger partial charge in [-0.1, -0.05) is 71.9 Å². The molecule has 1 heterocycles. The normalized spacial score (nSPS) is 13.6. The van der Waals surface area contributed by atoms with Crippen LogP contribution in [0.25, 0.3) is 11.1 Å². The minimum absolute atomic E-state index is 0.0828. The third-order valence-electron chi connectivity index (χ3n) is 4.16. The Bertz CT molecular complexity index is 697. The SMILES string of the molecule is CC(C)(C)c1ccc2c(c1C(C)(C)C)[N]c1ccccc1-2. The summed E-state index contributed by atoms with van der Waals surface area (Å²) in [6, 6.07) is 13.0. The van der Waals surface area contributed by atoms with E-state index in [1.54, 1.807) is 0 Å². The standard InChI is InChI=1S/C20H24N/c1-19(2,3)15-12-11-14-13-9-7-8-10-16(13)21-18(14)17(15)20(4,5)6/h7-12H,1-6H3. The summed E-state index contributed by atoms with van der Waals surface area (Å²) < 4.78 is 0. The summed E-state index contributed by atoms with van der Waals surface area (Å²) in [5.41, 5.74) is 7.83. The molecular formula is C20H24N. The van der Waals surface area contributed by atoms with E-state index < -0.39 is 0 Å². The van der Waals surface area contributed by atoms with Crippen molar-refractivity contribution in [3.8, 4) is 11.1 Å². The van der Waals surface area contributed by atoms with E-state index in [4.69, 9.17) is 5.32 Å². The lowest BCUT2D eigenvalue weighted by molar-refractivity contribution is 0.530. The van der Waals surface area contributed by atoms with Crippen molar-refractivity contribution in [2.24, 2.45) is 0 Å². The predicted octanol–water partition coefficient (Wildman–Crippen LogP) is 5.83. The molecule has 0 aliphatic carbocycles. The van der Waals surface area contributed by atoms with E-state index in [2.05, 4.69) is 77.9 Å². The fraction of sp³-hybridized carbons (Fsp3) is 0.400. The summed E-state index contributed by atoms with van der Waals surface area (Å²) in [7, 11) is 0. The van der Waals surface area contributed by atoms with Gasteiger partial charge in [-0.25, -0.2) is 5.32 Å². The average molecular weight is 278 g/mol. The maximum absolute atomic E-state index is 4.96. The summed E-state index contributed by atoms with van der Waals surface area (Å²) in [6.07, 6.45) is 0. The summed E-state index contributed by atoms with van der Waals surface area (Å²) in [5, 5.41) is 4.96. The Morgan fingerprint density at radius 2 is 1.38 bits per heavy atom. The molecule has 0 bridgehead atoms. The molecule has 1 aliphatic rings. The Morgan fingerprint density at radius 1 is 0.714 bits per heavy atom. The fourth-order valence-corrected chi connectivity index (χ4v) is 3.23. The number of benzene rings is 2. The highest BCUT2D eigenvalue weighted by Gasteiger charge is 2.33. The molecule has 0 spiro atoms. The molecular weight excluding hydrogens is 254 g/mol. The van der Waals surface area contributed by atoms with Gasteiger partial charge in [0, 0.05) is 11.1 Å². The van der Waals surface area contributed by atoms with Crippen LogP contribution in [0.15, 0.2) is 36.4 Å². The van der Waals surface area contributed by atoms with E-state index in [-0.39, 0.29) is 10.8 Å². The van der Waals surface area contributed by atoms with Crippen LogP contribution in [0.3, 0.4) is 0 Å². The number of fused-ring (bicyclic) bond motifs is 3. The quantitative estimate of drug-likeness (QED) is 0.491. The second kappa shape index (κ2) is 4.37. The van der Waals surface area contributed by atoms with Gasteiger partial charge >= 0.3 is 0 Å². The van der Waals surface area contributed by atoms with Gasteiger partial charge in [-0.2, -0.15) is 0 Å². The maximum Gasteiger partial charge on any atom is 0.0756 e. The molecule has 21 heavy (non-hydrogen) atoms. The van der Waals surface area contributed by atoms with Crippen LogP contribution in [0.4, 0.5) is 11.4 Å². The Morgan fingerprint density at radius 3 is 2.00 bits per heavy atom. The van der Waals surface area contributed by atoms with E-state index in [9.17, 15) is 0 Å². The molecule has 0 saturated heterocycles. The van der Waals surface area contributed by atoms with Gasteiger partial charge in [0.2, 0.25) is 0 Å². The Kier molecular flexibility index (Phi) is 2.95. The third kappa shape index (κ3) is 2.25. The van der Waals surface area contributed by atoms with Crippen molar-refractivity contribution in [1.29, 1.82) is 0 Å². The largest absolute Gasteiger partial charge is 0.247 e. The van der Waals surface area contributed by atoms with Gasteiger partial charge < -0.3 is 0 Å². The minimum Gasteiger partial charge on any atom is -0.247 e. The van der Waals surface area contributed by atoms with Gasteiger partial charge in [0.1, 0.15) is 0 Å². The van der Waals surface area contributed by atoms with Crippen LogP contribution in [-0.4, -0.2) is 0 Å². The van der Waals surface area contributed by atoms with Crippen molar-refractivity contribution < 1.29 is 0 Å². The fourth-order valence-electron chi connectivity index (χ4n) is 3.23. The summed E-state index contributed by atoms with van der Waals surface area (Å²) >= 11 is 0. The minimum atomic E-state index is 0.0828. The molecule has 2 aromatic rings. The molecule has 0 aromatic heterocycles. The number of para-hydroxylation sites is 1. The monoisotopic (exact) mass is 278 g/mol. The van der Waals surface area contributed by atoms with Gasteiger partial charge in [0.25, 0.3) is 0 Å². The second-order valence-electron chi connectivity index (χ2n) is 8.01. The second-order valence-corrected chi connectivity index (χ2v) is 8.01. The Labute approximate surface area is 128 Å². The molecule has 1 aliphatic heterocycles. The predicted molar refractivity (Wildman–Crippen MR) is 90.7 cm³/mol. The zero-order valence-electron chi connectivity index (χ0n) is 13.9. The van der Waals surface area contributed by atoms with Gasteiger partial charge in [0.15, 0.2) is 0 Å². The number of nitrogens with zero attached hydrogens (tertiary/aromatic N) is 1. The van der Waals surface area contributed by atoms with Crippen LogP contribution in [0.2, 0.25) is 0 Å². The maximum atomic E-state index is 4.96. The van der Waals surface area contributed by atoms with Crippen LogP contribution in [0.1, 0.15) is 52.7 Å². The average Bonchev–Trinajstić information content (AvgIpc) is 2.73. The van der Waals surface area contributed by atoms with E-state index in [0.29, 0.717) is 0 Å². The number of hydrogen-bond acceptors (Lipinski definition) is 0. The summed E-state index contributed by atoms with van der Waals surface area (Å²) in [4.78, 5) is 0. The first kappa shape index (κ1) is 14.2. The van der Waals surface area contributed by atoms with Crippen molar-refractivity contribution in [2.45, 2.75) is 52.4 Å². The number of rotatable bonds is 0. The Hall–Kier alpha value is -1.76. The first-order chi connectivity index (χ1) is 9.69. The van der Waals surface area contributed by atoms with Crippen LogP contribution in [-0.2, 0) is 10.8 Å². The Balaban J connectivity index is 2.31. The van der Waals surface area contributed by atoms with Crippen LogP contribution in [0, 0.1) is 0 Å². The first-order valence-electron chi connectivity index (χ1n) is 7.69. The lowest BCUT2D eigenvalue weighted by atomic mass is 9.73. The summed E-state index contributed by atoms with van der Waals surface area (Å²) in [5.74, 6) is 0.